The molecule has 0 atom stereocenters. The van der Waals surface area contributed by atoms with Crippen LogP contribution in [0.2, 0.25) is 0 Å². The molecule has 82 valence electrons. The smallest absolute Gasteiger partial charge is 0.200 e. The van der Waals surface area contributed by atoms with Crippen LogP contribution in [0.15, 0.2) is 46.1 Å². The van der Waals surface area contributed by atoms with Crippen molar-refractivity contribution < 1.29 is 26.3 Å². The Bertz CT molecular complexity index is 428. The maximum Gasteiger partial charge on any atom is 0.200 e. The van der Waals surface area contributed by atoms with Gasteiger partial charge in [0.2, 0.25) is 11.7 Å². The van der Waals surface area contributed by atoms with E-state index in [9.17, 15) is 26.3 Å². The first-order valence-electron chi connectivity index (χ1n) is 3.40. The molecule has 0 radical (unpaired) electrons. The lowest BCUT2D eigenvalue weighted by molar-refractivity contribution is 0.436. The van der Waals surface area contributed by atoms with Crippen LogP contribution in [0.5, 0.6) is 0 Å². The molecule has 0 aromatic carbocycles. The normalized spacial score (nSPS) is 37.1. The van der Waals surface area contributed by atoms with Crippen molar-refractivity contribution in [3.05, 3.63) is 46.1 Å². The molecule has 0 nitrogen and oxygen atoms in total. The van der Waals surface area contributed by atoms with Gasteiger partial charge in [0, 0.05) is 0 Å². The Morgan fingerprint density at radius 2 is 1.07 bits per heavy atom. The quantitative estimate of drug-likeness (QED) is 0.549. The molecule has 1 rings (SSSR count). The van der Waals surface area contributed by atoms with Gasteiger partial charge in [-0.2, -0.15) is 0 Å². The topological polar surface area (TPSA) is 0 Å². The lowest BCUT2D eigenvalue weighted by atomic mass is 10.2. The first kappa shape index (κ1) is 11.9. The third-order valence-corrected chi connectivity index (χ3v) is 1.72. The van der Waals surface area contributed by atoms with Gasteiger partial charge < -0.3 is 0 Å². The van der Waals surface area contributed by atoms with E-state index in [4.69, 9.17) is 11.6 Å². The lowest BCUT2D eigenvalue weighted by Gasteiger charge is -2.03. The Kier molecular flexibility index (Phi) is 3.28. The van der Waals surface area contributed by atoms with Gasteiger partial charge in [-0.05, 0) is 6.08 Å². The largest absolute Gasteiger partial charge is 0.204 e. The number of hydrogen-bond acceptors (Lipinski definition) is 0. The molecule has 0 fully saturated rings. The minimum Gasteiger partial charge on any atom is -0.204 e. The van der Waals surface area contributed by atoms with Gasteiger partial charge >= 0.3 is 0 Å². The first-order chi connectivity index (χ1) is 6.86. The maximum atomic E-state index is 12.7. The van der Waals surface area contributed by atoms with Crippen LogP contribution in [-0.2, 0) is 0 Å². The molecular formula is C8HClF6. The minimum atomic E-state index is -2.48. The van der Waals surface area contributed by atoms with Gasteiger partial charge in [0.05, 0.1) is 5.03 Å². The van der Waals surface area contributed by atoms with Crippen molar-refractivity contribution in [2.75, 3.05) is 0 Å². The highest BCUT2D eigenvalue weighted by Gasteiger charge is 2.26. The molecular weight excluding hydrogens is 246 g/mol. The Balaban J connectivity index is 3.53. The Labute approximate surface area is 84.8 Å². The number of allylic oxidation sites excluding steroid dienone is 8. The standard InChI is InChI=1S/C8HClF6/c9-2-1-3(10)5(12)7(14)8(15)6(13)4(2)11/h1H/b2-1?,3-1+,4-2-,5-3?,6-4?,7-5-,8-6-,8-7?. The SMILES string of the molecule is FC1=C(Cl)/C=C(F)\C(F)=C(F)/C(F)=C\1F. The summed E-state index contributed by atoms with van der Waals surface area (Å²) >= 11 is 4.95. The molecule has 0 unspecified atom stereocenters. The molecule has 7 heteroatoms. The predicted octanol–water partition coefficient (Wildman–Crippen LogP) is 4.57. The molecule has 0 aliphatic heterocycles. The van der Waals surface area contributed by atoms with E-state index in [1.54, 1.807) is 0 Å². The second kappa shape index (κ2) is 4.14. The summed E-state index contributed by atoms with van der Waals surface area (Å²) in [6.45, 7) is 0. The van der Waals surface area contributed by atoms with Crippen molar-refractivity contribution in [3.8, 4) is 0 Å². The van der Waals surface area contributed by atoms with Crippen molar-refractivity contribution >= 4 is 11.6 Å². The van der Waals surface area contributed by atoms with Crippen molar-refractivity contribution in [2.45, 2.75) is 0 Å². The van der Waals surface area contributed by atoms with Crippen LogP contribution in [-0.4, -0.2) is 0 Å². The van der Waals surface area contributed by atoms with Gasteiger partial charge in [0.25, 0.3) is 0 Å². The number of rotatable bonds is 0. The maximum absolute atomic E-state index is 12.7. The summed E-state index contributed by atoms with van der Waals surface area (Å²) in [5.74, 6) is -13.5. The summed E-state index contributed by atoms with van der Waals surface area (Å²) in [7, 11) is 0. The predicted molar refractivity (Wildman–Crippen MR) is 41.7 cm³/mol. The van der Waals surface area contributed by atoms with Gasteiger partial charge in [-0.25, -0.2) is 26.3 Å². The molecule has 1 aliphatic carbocycles. The average Bonchev–Trinajstić information content (AvgIpc) is 2.22. The van der Waals surface area contributed by atoms with Crippen LogP contribution in [0.25, 0.3) is 0 Å². The molecule has 0 spiro atoms. The van der Waals surface area contributed by atoms with Crippen LogP contribution in [0.1, 0.15) is 0 Å². The summed E-state index contributed by atoms with van der Waals surface area (Å²) in [4.78, 5) is 0. The summed E-state index contributed by atoms with van der Waals surface area (Å²) in [5, 5.41) is -1.21. The molecule has 1 aliphatic rings. The van der Waals surface area contributed by atoms with Crippen molar-refractivity contribution in [1.29, 1.82) is 0 Å². The molecule has 0 aromatic rings. The van der Waals surface area contributed by atoms with Gasteiger partial charge in [-0.3, -0.25) is 0 Å². The molecule has 15 heavy (non-hydrogen) atoms. The Morgan fingerprint density at radius 3 is 1.60 bits per heavy atom. The van der Waals surface area contributed by atoms with E-state index in [-0.39, 0.29) is 6.08 Å². The van der Waals surface area contributed by atoms with E-state index < -0.39 is 40.0 Å². The fourth-order valence-electron chi connectivity index (χ4n) is 0.737. The van der Waals surface area contributed by atoms with Crippen LogP contribution < -0.4 is 0 Å². The molecule has 0 saturated heterocycles. The molecule has 0 aromatic heterocycles. The summed E-state index contributed by atoms with van der Waals surface area (Å²) in [5.41, 5.74) is 0. The highest BCUT2D eigenvalue weighted by molar-refractivity contribution is 6.31. The zero-order valence-corrected chi connectivity index (χ0v) is 7.48. The molecule has 0 saturated carbocycles. The van der Waals surface area contributed by atoms with Crippen LogP contribution >= 0.6 is 11.6 Å². The Hall–Kier alpha value is -1.17. The Morgan fingerprint density at radius 1 is 0.667 bits per heavy atom. The van der Waals surface area contributed by atoms with E-state index in [0.29, 0.717) is 0 Å². The zero-order chi connectivity index (χ0) is 11.7. The molecule has 0 N–H and O–H groups in total. The lowest BCUT2D eigenvalue weighted by Crippen LogP contribution is -1.93. The number of hydrogen-bond donors (Lipinski definition) is 0. The van der Waals surface area contributed by atoms with Crippen LogP contribution in [0.3, 0.4) is 0 Å². The first-order valence-corrected chi connectivity index (χ1v) is 3.78. The van der Waals surface area contributed by atoms with Crippen molar-refractivity contribution in [3.63, 3.8) is 0 Å². The average molecular weight is 247 g/mol. The monoisotopic (exact) mass is 246 g/mol. The van der Waals surface area contributed by atoms with Crippen molar-refractivity contribution in [1.82, 2.24) is 0 Å². The second-order valence-electron chi connectivity index (χ2n) is 2.41. The van der Waals surface area contributed by atoms with Gasteiger partial charge in [-0.1, -0.05) is 11.6 Å². The van der Waals surface area contributed by atoms with Gasteiger partial charge in [0.15, 0.2) is 23.3 Å². The second-order valence-corrected chi connectivity index (χ2v) is 2.82. The summed E-state index contributed by atoms with van der Waals surface area (Å²) in [6, 6.07) is 0. The third kappa shape index (κ3) is 2.09. The van der Waals surface area contributed by atoms with E-state index in [2.05, 4.69) is 0 Å². The molecule has 0 bridgehead atoms. The summed E-state index contributed by atoms with van der Waals surface area (Å²) in [6.07, 6.45) is -0.00216. The van der Waals surface area contributed by atoms with E-state index in [0.717, 1.165) is 0 Å². The van der Waals surface area contributed by atoms with E-state index in [1.807, 2.05) is 0 Å². The van der Waals surface area contributed by atoms with Gasteiger partial charge in [-0.15, -0.1) is 0 Å². The van der Waals surface area contributed by atoms with Crippen LogP contribution in [0.4, 0.5) is 26.3 Å². The van der Waals surface area contributed by atoms with Crippen LogP contribution in [0, 0.1) is 0 Å². The minimum absolute atomic E-state index is 0.00216. The third-order valence-electron chi connectivity index (χ3n) is 1.44. The fraction of sp³-hybridized carbons (Fsp3) is 0. The van der Waals surface area contributed by atoms with Gasteiger partial charge in [0.1, 0.15) is 0 Å². The fourth-order valence-corrected chi connectivity index (χ4v) is 0.915. The van der Waals surface area contributed by atoms with Crippen molar-refractivity contribution in [2.24, 2.45) is 0 Å². The molecule has 0 amide bonds. The zero-order valence-electron chi connectivity index (χ0n) is 6.72. The number of halogens is 7. The molecule has 0 heterocycles. The van der Waals surface area contributed by atoms with E-state index in [1.165, 1.54) is 0 Å². The summed E-state index contributed by atoms with van der Waals surface area (Å²) < 4.78 is 75.5. The highest BCUT2D eigenvalue weighted by atomic mass is 35.5. The highest BCUT2D eigenvalue weighted by Crippen LogP contribution is 2.36. The van der Waals surface area contributed by atoms with E-state index >= 15 is 0 Å².